The molecule has 108 valence electrons. The van der Waals surface area contributed by atoms with Crippen molar-refractivity contribution in [2.45, 2.75) is 6.04 Å². The standard InChI is InChI=1S/C16H15NO3S/c18-15(17-14(10-21)16(19)20)13-9-5-4-8-12(13)11-6-2-1-3-7-11/h1-9,14,21H,10H2,(H,17,18)(H,19,20)/t14-/m0/s1. The van der Waals surface area contributed by atoms with Crippen molar-refractivity contribution < 1.29 is 14.7 Å². The SMILES string of the molecule is O=C(N[C@@H](CS)C(=O)O)c1ccccc1-c1ccccc1. The van der Waals surface area contributed by atoms with Crippen LogP contribution in [0.5, 0.6) is 0 Å². The Balaban J connectivity index is 2.32. The molecule has 5 heteroatoms. The second-order valence-electron chi connectivity index (χ2n) is 4.46. The lowest BCUT2D eigenvalue weighted by Gasteiger charge is -2.14. The summed E-state index contributed by atoms with van der Waals surface area (Å²) in [6.07, 6.45) is 0. The zero-order chi connectivity index (χ0) is 15.2. The Morgan fingerprint density at radius 1 is 1.05 bits per heavy atom. The van der Waals surface area contributed by atoms with Gasteiger partial charge < -0.3 is 10.4 Å². The fourth-order valence-electron chi connectivity index (χ4n) is 1.97. The number of hydrogen-bond donors (Lipinski definition) is 3. The summed E-state index contributed by atoms with van der Waals surface area (Å²) >= 11 is 3.94. The Kier molecular flexibility index (Phi) is 5.00. The van der Waals surface area contributed by atoms with Crippen molar-refractivity contribution in [1.29, 1.82) is 0 Å². The quantitative estimate of drug-likeness (QED) is 0.743. The highest BCUT2D eigenvalue weighted by Gasteiger charge is 2.20. The summed E-state index contributed by atoms with van der Waals surface area (Å²) in [5.41, 5.74) is 2.11. The highest BCUT2D eigenvalue weighted by Crippen LogP contribution is 2.23. The molecule has 21 heavy (non-hydrogen) atoms. The van der Waals surface area contributed by atoms with Crippen LogP contribution in [0.15, 0.2) is 54.6 Å². The third-order valence-electron chi connectivity index (χ3n) is 3.04. The molecule has 0 aromatic heterocycles. The van der Waals surface area contributed by atoms with E-state index in [2.05, 4.69) is 17.9 Å². The van der Waals surface area contributed by atoms with E-state index in [4.69, 9.17) is 5.11 Å². The van der Waals surface area contributed by atoms with Crippen molar-refractivity contribution in [3.05, 3.63) is 60.2 Å². The van der Waals surface area contributed by atoms with Crippen molar-refractivity contribution in [2.24, 2.45) is 0 Å². The topological polar surface area (TPSA) is 66.4 Å². The van der Waals surface area contributed by atoms with Gasteiger partial charge >= 0.3 is 5.97 Å². The third kappa shape index (κ3) is 3.64. The van der Waals surface area contributed by atoms with Gasteiger partial charge in [0.15, 0.2) is 0 Å². The monoisotopic (exact) mass is 301 g/mol. The molecule has 0 saturated carbocycles. The van der Waals surface area contributed by atoms with Crippen molar-refractivity contribution in [1.82, 2.24) is 5.32 Å². The zero-order valence-electron chi connectivity index (χ0n) is 11.2. The molecule has 0 saturated heterocycles. The Morgan fingerprint density at radius 3 is 2.29 bits per heavy atom. The molecule has 4 nitrogen and oxygen atoms in total. The molecule has 0 heterocycles. The first-order valence-corrected chi connectivity index (χ1v) is 7.05. The van der Waals surface area contributed by atoms with Crippen LogP contribution in [0.2, 0.25) is 0 Å². The number of carboxylic acid groups (broad SMARTS) is 1. The van der Waals surface area contributed by atoms with E-state index in [9.17, 15) is 9.59 Å². The average molecular weight is 301 g/mol. The first-order chi connectivity index (χ1) is 10.1. The van der Waals surface area contributed by atoms with Gasteiger partial charge in [0, 0.05) is 11.3 Å². The van der Waals surface area contributed by atoms with Crippen LogP contribution in [0.1, 0.15) is 10.4 Å². The number of nitrogens with one attached hydrogen (secondary N) is 1. The molecular weight excluding hydrogens is 286 g/mol. The van der Waals surface area contributed by atoms with Crippen LogP contribution in [-0.4, -0.2) is 28.8 Å². The van der Waals surface area contributed by atoms with Crippen LogP contribution >= 0.6 is 12.6 Å². The van der Waals surface area contributed by atoms with Gasteiger partial charge in [0.1, 0.15) is 6.04 Å². The van der Waals surface area contributed by atoms with E-state index in [1.807, 2.05) is 42.5 Å². The number of benzene rings is 2. The van der Waals surface area contributed by atoms with Gasteiger partial charge in [-0.1, -0.05) is 48.5 Å². The Bertz CT molecular complexity index is 643. The first kappa shape index (κ1) is 15.1. The molecule has 2 N–H and O–H groups in total. The van der Waals surface area contributed by atoms with E-state index in [-0.39, 0.29) is 5.75 Å². The van der Waals surface area contributed by atoms with Crippen LogP contribution in [0, 0.1) is 0 Å². The van der Waals surface area contributed by atoms with Crippen LogP contribution in [0.4, 0.5) is 0 Å². The third-order valence-corrected chi connectivity index (χ3v) is 3.41. The number of carboxylic acids is 1. The molecule has 2 aromatic rings. The summed E-state index contributed by atoms with van der Waals surface area (Å²) in [6, 6.07) is 15.6. The number of amides is 1. The van der Waals surface area contributed by atoms with E-state index in [1.165, 1.54) is 0 Å². The minimum atomic E-state index is -1.10. The molecule has 0 spiro atoms. The van der Waals surface area contributed by atoms with Crippen LogP contribution in [0.25, 0.3) is 11.1 Å². The number of rotatable bonds is 5. The van der Waals surface area contributed by atoms with Gasteiger partial charge in [-0.15, -0.1) is 0 Å². The maximum Gasteiger partial charge on any atom is 0.327 e. The van der Waals surface area contributed by atoms with Crippen LogP contribution in [-0.2, 0) is 4.79 Å². The summed E-state index contributed by atoms with van der Waals surface area (Å²) in [5, 5.41) is 11.5. The van der Waals surface area contributed by atoms with Gasteiger partial charge in [0.05, 0.1) is 0 Å². The number of aliphatic carboxylic acids is 1. The molecule has 0 aliphatic rings. The predicted molar refractivity (Wildman–Crippen MR) is 84.6 cm³/mol. The fourth-order valence-corrected chi connectivity index (χ4v) is 2.22. The Morgan fingerprint density at radius 2 is 1.67 bits per heavy atom. The van der Waals surface area contributed by atoms with Crippen LogP contribution in [0.3, 0.4) is 0 Å². The van der Waals surface area contributed by atoms with Gasteiger partial charge in [-0.25, -0.2) is 4.79 Å². The molecule has 2 rings (SSSR count). The van der Waals surface area contributed by atoms with E-state index in [0.29, 0.717) is 5.56 Å². The second-order valence-corrected chi connectivity index (χ2v) is 4.82. The highest BCUT2D eigenvalue weighted by molar-refractivity contribution is 7.80. The van der Waals surface area contributed by atoms with E-state index in [1.54, 1.807) is 12.1 Å². The van der Waals surface area contributed by atoms with Crippen molar-refractivity contribution in [3.8, 4) is 11.1 Å². The zero-order valence-corrected chi connectivity index (χ0v) is 12.1. The van der Waals surface area contributed by atoms with Gasteiger partial charge in [-0.3, -0.25) is 4.79 Å². The number of carbonyl (C=O) groups is 2. The maximum absolute atomic E-state index is 12.3. The van der Waals surface area contributed by atoms with E-state index >= 15 is 0 Å². The molecule has 0 unspecified atom stereocenters. The van der Waals surface area contributed by atoms with Gasteiger partial charge in [0.25, 0.3) is 5.91 Å². The molecule has 0 radical (unpaired) electrons. The van der Waals surface area contributed by atoms with E-state index < -0.39 is 17.9 Å². The summed E-state index contributed by atoms with van der Waals surface area (Å²) in [7, 11) is 0. The predicted octanol–water partition coefficient (Wildman–Crippen LogP) is 2.47. The van der Waals surface area contributed by atoms with Crippen LogP contribution < -0.4 is 5.32 Å². The smallest absolute Gasteiger partial charge is 0.327 e. The number of hydrogen-bond acceptors (Lipinski definition) is 3. The minimum Gasteiger partial charge on any atom is -0.480 e. The first-order valence-electron chi connectivity index (χ1n) is 6.42. The summed E-state index contributed by atoms with van der Waals surface area (Å²) < 4.78 is 0. The summed E-state index contributed by atoms with van der Waals surface area (Å²) in [6.45, 7) is 0. The normalized spacial score (nSPS) is 11.7. The van der Waals surface area contributed by atoms with Crippen molar-refractivity contribution in [3.63, 3.8) is 0 Å². The summed E-state index contributed by atoms with van der Waals surface area (Å²) in [4.78, 5) is 23.3. The number of thiol groups is 1. The fraction of sp³-hybridized carbons (Fsp3) is 0.125. The van der Waals surface area contributed by atoms with Gasteiger partial charge in [-0.05, 0) is 17.2 Å². The molecule has 1 amide bonds. The van der Waals surface area contributed by atoms with Crippen molar-refractivity contribution >= 4 is 24.5 Å². The molecule has 0 fully saturated rings. The highest BCUT2D eigenvalue weighted by atomic mass is 32.1. The molecule has 0 aliphatic heterocycles. The Labute approximate surface area is 128 Å². The largest absolute Gasteiger partial charge is 0.480 e. The molecule has 2 aromatic carbocycles. The Hall–Kier alpha value is -2.27. The number of carbonyl (C=O) groups excluding carboxylic acids is 1. The lowest BCUT2D eigenvalue weighted by atomic mass is 9.99. The maximum atomic E-state index is 12.3. The molecule has 0 aliphatic carbocycles. The van der Waals surface area contributed by atoms with Gasteiger partial charge in [-0.2, -0.15) is 12.6 Å². The minimum absolute atomic E-state index is 0.0363. The lowest BCUT2D eigenvalue weighted by Crippen LogP contribution is -2.42. The summed E-state index contributed by atoms with van der Waals surface area (Å²) in [5.74, 6) is -1.49. The second kappa shape index (κ2) is 6.95. The average Bonchev–Trinajstić information content (AvgIpc) is 2.53. The lowest BCUT2D eigenvalue weighted by molar-refractivity contribution is -0.138. The van der Waals surface area contributed by atoms with E-state index in [0.717, 1.165) is 11.1 Å². The van der Waals surface area contributed by atoms with Crippen molar-refractivity contribution in [2.75, 3.05) is 5.75 Å². The molecule has 0 bridgehead atoms. The molecule has 1 atom stereocenters. The van der Waals surface area contributed by atoms with Gasteiger partial charge in [0.2, 0.25) is 0 Å². The molecular formula is C16H15NO3S.